The maximum atomic E-state index is 12.4. The molecular formula is C15H11NO2. The second-order valence-electron chi connectivity index (χ2n) is 4.55. The molecule has 0 radical (unpaired) electrons. The number of nitrogens with zero attached hydrogens (tertiary/aromatic N) is 1. The molecule has 0 fully saturated rings. The third-order valence-electron chi connectivity index (χ3n) is 3.56. The molecule has 3 heteroatoms. The smallest absolute Gasteiger partial charge is 0.261 e. The molecule has 0 bridgehead atoms. The maximum Gasteiger partial charge on any atom is 0.261 e. The van der Waals surface area contributed by atoms with Crippen LogP contribution in [-0.2, 0) is 11.3 Å². The molecule has 2 aromatic carbocycles. The first-order chi connectivity index (χ1) is 8.86. The quantitative estimate of drug-likeness (QED) is 0.705. The second kappa shape index (κ2) is 3.43. The van der Waals surface area contributed by atoms with Gasteiger partial charge in [-0.15, -0.1) is 0 Å². The largest absolute Gasteiger partial charge is 0.349 e. The molecule has 1 amide bonds. The summed E-state index contributed by atoms with van der Waals surface area (Å²) in [6.45, 7) is 0.555. The molecule has 0 saturated heterocycles. The Morgan fingerprint density at radius 3 is 2.78 bits per heavy atom. The van der Waals surface area contributed by atoms with Crippen LogP contribution in [0.4, 0.5) is 5.69 Å². The van der Waals surface area contributed by atoms with Gasteiger partial charge in [0.1, 0.15) is 0 Å². The molecule has 2 aliphatic heterocycles. The highest BCUT2D eigenvalue weighted by molar-refractivity contribution is 6.11. The highest BCUT2D eigenvalue weighted by Crippen LogP contribution is 2.43. The van der Waals surface area contributed by atoms with Crippen molar-refractivity contribution in [3.8, 4) is 0 Å². The van der Waals surface area contributed by atoms with E-state index in [1.807, 2.05) is 48.5 Å². The number of ether oxygens (including phenoxy) is 1. The average Bonchev–Trinajstić information content (AvgIpc) is 2.73. The highest BCUT2D eigenvalue weighted by Gasteiger charge is 2.41. The van der Waals surface area contributed by atoms with Gasteiger partial charge in [0.2, 0.25) is 0 Å². The third kappa shape index (κ3) is 1.14. The van der Waals surface area contributed by atoms with E-state index in [9.17, 15) is 4.79 Å². The summed E-state index contributed by atoms with van der Waals surface area (Å²) >= 11 is 0. The summed E-state index contributed by atoms with van der Waals surface area (Å²) in [6.07, 6.45) is -0.261. The van der Waals surface area contributed by atoms with Crippen LogP contribution in [-0.4, -0.2) is 5.91 Å². The molecule has 1 atom stereocenters. The molecular weight excluding hydrogens is 226 g/mol. The van der Waals surface area contributed by atoms with Crippen molar-refractivity contribution >= 4 is 11.6 Å². The van der Waals surface area contributed by atoms with Crippen LogP contribution in [0.3, 0.4) is 0 Å². The summed E-state index contributed by atoms with van der Waals surface area (Å²) in [5.41, 5.74) is 3.75. The zero-order valence-electron chi connectivity index (χ0n) is 9.67. The predicted octanol–water partition coefficient (Wildman–Crippen LogP) is 2.88. The van der Waals surface area contributed by atoms with Gasteiger partial charge in [-0.3, -0.25) is 9.69 Å². The zero-order chi connectivity index (χ0) is 12.1. The molecule has 2 heterocycles. The summed E-state index contributed by atoms with van der Waals surface area (Å²) in [4.78, 5) is 14.2. The lowest BCUT2D eigenvalue weighted by Crippen LogP contribution is -2.33. The van der Waals surface area contributed by atoms with Gasteiger partial charge in [-0.1, -0.05) is 36.4 Å². The Bertz CT molecular complexity index is 650. The van der Waals surface area contributed by atoms with Crippen molar-refractivity contribution in [1.82, 2.24) is 0 Å². The Morgan fingerprint density at radius 2 is 1.83 bits per heavy atom. The number of hydrogen-bond acceptors (Lipinski definition) is 2. The molecule has 0 saturated carbocycles. The van der Waals surface area contributed by atoms with Gasteiger partial charge in [-0.05, 0) is 12.1 Å². The molecule has 0 spiro atoms. The van der Waals surface area contributed by atoms with Gasteiger partial charge in [0.25, 0.3) is 5.91 Å². The summed E-state index contributed by atoms with van der Waals surface area (Å²) < 4.78 is 5.83. The second-order valence-corrected chi connectivity index (χ2v) is 4.55. The fraction of sp³-hybridized carbons (Fsp3) is 0.133. The molecule has 18 heavy (non-hydrogen) atoms. The molecule has 0 unspecified atom stereocenters. The van der Waals surface area contributed by atoms with E-state index in [0.29, 0.717) is 6.61 Å². The fourth-order valence-electron chi connectivity index (χ4n) is 2.72. The molecule has 2 aliphatic rings. The monoisotopic (exact) mass is 237 g/mol. The predicted molar refractivity (Wildman–Crippen MR) is 67.2 cm³/mol. The normalized spacial score (nSPS) is 20.3. The fourth-order valence-corrected chi connectivity index (χ4v) is 2.72. The van der Waals surface area contributed by atoms with Crippen LogP contribution in [0.15, 0.2) is 48.5 Å². The highest BCUT2D eigenvalue weighted by atomic mass is 16.5. The van der Waals surface area contributed by atoms with Crippen LogP contribution in [0.25, 0.3) is 0 Å². The first-order valence-electron chi connectivity index (χ1n) is 5.98. The van der Waals surface area contributed by atoms with Gasteiger partial charge < -0.3 is 4.74 Å². The van der Waals surface area contributed by atoms with E-state index in [1.54, 1.807) is 4.90 Å². The summed E-state index contributed by atoms with van der Waals surface area (Å²) in [7, 11) is 0. The Balaban J connectivity index is 1.93. The van der Waals surface area contributed by atoms with Crippen LogP contribution < -0.4 is 4.90 Å². The third-order valence-corrected chi connectivity index (χ3v) is 3.56. The van der Waals surface area contributed by atoms with E-state index < -0.39 is 0 Å². The van der Waals surface area contributed by atoms with Gasteiger partial charge in [0.15, 0.2) is 6.23 Å². The Kier molecular flexibility index (Phi) is 1.88. The van der Waals surface area contributed by atoms with E-state index in [0.717, 1.165) is 22.4 Å². The first kappa shape index (κ1) is 9.85. The maximum absolute atomic E-state index is 12.4. The summed E-state index contributed by atoms with van der Waals surface area (Å²) in [5, 5.41) is 0. The van der Waals surface area contributed by atoms with Gasteiger partial charge >= 0.3 is 0 Å². The molecule has 0 aliphatic carbocycles. The van der Waals surface area contributed by atoms with Crippen molar-refractivity contribution in [2.75, 3.05) is 4.90 Å². The number of benzene rings is 2. The zero-order valence-corrected chi connectivity index (χ0v) is 9.67. The van der Waals surface area contributed by atoms with Gasteiger partial charge in [0, 0.05) is 16.7 Å². The topological polar surface area (TPSA) is 29.5 Å². The van der Waals surface area contributed by atoms with Crippen LogP contribution in [0.2, 0.25) is 0 Å². The van der Waals surface area contributed by atoms with E-state index in [2.05, 4.69) is 0 Å². The lowest BCUT2D eigenvalue weighted by atomic mass is 10.1. The lowest BCUT2D eigenvalue weighted by molar-refractivity contribution is 0.0319. The van der Waals surface area contributed by atoms with E-state index >= 15 is 0 Å². The van der Waals surface area contributed by atoms with Crippen LogP contribution >= 0.6 is 0 Å². The number of amides is 1. The summed E-state index contributed by atoms with van der Waals surface area (Å²) in [5.74, 6) is 0.0303. The standard InChI is InChI=1S/C15H11NO2/c17-14-11-6-2-3-7-12(11)15-16(14)13-8-4-1-5-10(13)9-18-15/h1-8,15H,9H2/t15-/m0/s1. The number of carbonyl (C=O) groups is 1. The molecule has 2 aromatic rings. The van der Waals surface area contributed by atoms with Gasteiger partial charge in [-0.2, -0.15) is 0 Å². The number of carbonyl (C=O) groups excluding carboxylic acids is 1. The number of anilines is 1. The number of fused-ring (bicyclic) bond motifs is 5. The number of hydrogen-bond donors (Lipinski definition) is 0. The van der Waals surface area contributed by atoms with E-state index in [4.69, 9.17) is 4.74 Å². The SMILES string of the molecule is O=C1c2ccccc2[C@@H]2OCc3ccccc3N12. The van der Waals surface area contributed by atoms with Crippen LogP contribution in [0, 0.1) is 0 Å². The minimum atomic E-state index is -0.261. The minimum Gasteiger partial charge on any atom is -0.349 e. The van der Waals surface area contributed by atoms with E-state index in [-0.39, 0.29) is 12.1 Å². The van der Waals surface area contributed by atoms with Crippen molar-refractivity contribution in [2.24, 2.45) is 0 Å². The van der Waals surface area contributed by atoms with Crippen molar-refractivity contribution in [1.29, 1.82) is 0 Å². The first-order valence-corrected chi connectivity index (χ1v) is 5.98. The van der Waals surface area contributed by atoms with Gasteiger partial charge in [0.05, 0.1) is 12.3 Å². The van der Waals surface area contributed by atoms with Crippen LogP contribution in [0.5, 0.6) is 0 Å². The van der Waals surface area contributed by atoms with Crippen LogP contribution in [0.1, 0.15) is 27.7 Å². The minimum absolute atomic E-state index is 0.0303. The summed E-state index contributed by atoms with van der Waals surface area (Å²) in [6, 6.07) is 15.6. The number of para-hydroxylation sites is 1. The lowest BCUT2D eigenvalue weighted by Gasteiger charge is -2.32. The molecule has 4 rings (SSSR count). The molecule has 88 valence electrons. The molecule has 3 nitrogen and oxygen atoms in total. The average molecular weight is 237 g/mol. The van der Waals surface area contributed by atoms with Crippen molar-refractivity contribution in [3.63, 3.8) is 0 Å². The van der Waals surface area contributed by atoms with E-state index in [1.165, 1.54) is 0 Å². The van der Waals surface area contributed by atoms with Crippen molar-refractivity contribution in [3.05, 3.63) is 65.2 Å². The Labute approximate surface area is 105 Å². The molecule has 0 N–H and O–H groups in total. The molecule has 0 aromatic heterocycles. The number of rotatable bonds is 0. The van der Waals surface area contributed by atoms with Gasteiger partial charge in [-0.25, -0.2) is 0 Å². The van der Waals surface area contributed by atoms with Crippen molar-refractivity contribution < 1.29 is 9.53 Å². The van der Waals surface area contributed by atoms with Crippen molar-refractivity contribution in [2.45, 2.75) is 12.8 Å². The Hall–Kier alpha value is -2.13. The Morgan fingerprint density at radius 1 is 1.06 bits per heavy atom.